The quantitative estimate of drug-likeness (QED) is 0.710. The summed E-state index contributed by atoms with van der Waals surface area (Å²) in [5, 5.41) is 0. The lowest BCUT2D eigenvalue weighted by molar-refractivity contribution is 0.371. The van der Waals surface area contributed by atoms with Crippen molar-refractivity contribution in [1.82, 2.24) is 9.55 Å². The molecule has 0 spiro atoms. The number of benzene rings is 1. The molecule has 1 aromatic carbocycles. The number of hydrogen-bond donors (Lipinski definition) is 0. The van der Waals surface area contributed by atoms with Gasteiger partial charge in [-0.05, 0) is 31.0 Å². The van der Waals surface area contributed by atoms with Gasteiger partial charge in [0.1, 0.15) is 5.82 Å². The Hall–Kier alpha value is -0.540. The zero-order valence-electron chi connectivity index (χ0n) is 11.0. The molecule has 0 radical (unpaired) electrons. The Morgan fingerprint density at radius 3 is 2.72 bits per heavy atom. The van der Waals surface area contributed by atoms with E-state index >= 15 is 0 Å². The zero-order valence-corrected chi connectivity index (χ0v) is 13.3. The summed E-state index contributed by atoms with van der Waals surface area (Å²) in [4.78, 5) is 4.63. The molecule has 0 saturated carbocycles. The van der Waals surface area contributed by atoms with Gasteiger partial charge in [0.05, 0.1) is 16.9 Å². The van der Waals surface area contributed by atoms with Crippen molar-refractivity contribution in [2.24, 2.45) is 5.92 Å². The summed E-state index contributed by atoms with van der Waals surface area (Å²) in [6, 6.07) is 6.63. The van der Waals surface area contributed by atoms with E-state index in [1.165, 1.54) is 5.52 Å². The van der Waals surface area contributed by atoms with Gasteiger partial charge in [-0.25, -0.2) is 4.98 Å². The monoisotopic (exact) mass is 328 g/mol. The first-order chi connectivity index (χ1) is 8.58. The highest BCUT2D eigenvalue weighted by molar-refractivity contribution is 9.10. The van der Waals surface area contributed by atoms with Crippen LogP contribution in [0, 0.1) is 5.92 Å². The first kappa shape index (κ1) is 13.9. The van der Waals surface area contributed by atoms with Crippen molar-refractivity contribution in [1.29, 1.82) is 0 Å². The lowest BCUT2D eigenvalue weighted by atomic mass is 10.0. The van der Waals surface area contributed by atoms with Gasteiger partial charge >= 0.3 is 0 Å². The molecule has 2 aromatic rings. The van der Waals surface area contributed by atoms with Gasteiger partial charge in [-0.3, -0.25) is 0 Å². The fourth-order valence-corrected chi connectivity index (χ4v) is 2.80. The molecule has 1 aromatic heterocycles. The molecule has 0 amide bonds. The van der Waals surface area contributed by atoms with Crippen LogP contribution in [0.4, 0.5) is 0 Å². The number of alkyl halides is 1. The van der Waals surface area contributed by atoms with E-state index in [0.717, 1.165) is 22.2 Å². The highest BCUT2D eigenvalue weighted by Gasteiger charge is 2.19. The molecule has 98 valence electrons. The molecule has 2 atom stereocenters. The lowest BCUT2D eigenvalue weighted by Crippen LogP contribution is -2.15. The maximum absolute atomic E-state index is 6.04. The molecule has 0 fully saturated rings. The van der Waals surface area contributed by atoms with Crippen molar-refractivity contribution in [3.63, 3.8) is 0 Å². The zero-order chi connectivity index (χ0) is 13.3. The Balaban J connectivity index is 2.60. The SMILES string of the molecule is CCC(C)C(C)n1c(CCl)nc2cc(Br)ccc21. The molecule has 4 heteroatoms. The van der Waals surface area contributed by atoms with Gasteiger partial charge in [-0.1, -0.05) is 36.2 Å². The Morgan fingerprint density at radius 1 is 1.39 bits per heavy atom. The number of imidazole rings is 1. The van der Waals surface area contributed by atoms with Gasteiger partial charge in [0.2, 0.25) is 0 Å². The van der Waals surface area contributed by atoms with Gasteiger partial charge in [-0.2, -0.15) is 0 Å². The molecule has 2 rings (SSSR count). The highest BCUT2D eigenvalue weighted by atomic mass is 79.9. The van der Waals surface area contributed by atoms with E-state index < -0.39 is 0 Å². The van der Waals surface area contributed by atoms with Gasteiger partial charge < -0.3 is 4.57 Å². The Kier molecular flexibility index (Phi) is 4.33. The van der Waals surface area contributed by atoms with Crippen LogP contribution in [-0.2, 0) is 5.88 Å². The fraction of sp³-hybridized carbons (Fsp3) is 0.500. The average Bonchev–Trinajstić information content (AvgIpc) is 2.74. The minimum absolute atomic E-state index is 0.412. The average molecular weight is 330 g/mol. The predicted molar refractivity (Wildman–Crippen MR) is 81.2 cm³/mol. The molecule has 1 heterocycles. The van der Waals surface area contributed by atoms with Crippen molar-refractivity contribution in [3.05, 3.63) is 28.5 Å². The molecular weight excluding hydrogens is 312 g/mol. The summed E-state index contributed by atoms with van der Waals surface area (Å²) in [6.07, 6.45) is 1.15. The molecule has 0 aliphatic heterocycles. The van der Waals surface area contributed by atoms with Crippen molar-refractivity contribution < 1.29 is 0 Å². The van der Waals surface area contributed by atoms with Crippen LogP contribution < -0.4 is 0 Å². The van der Waals surface area contributed by atoms with E-state index in [-0.39, 0.29) is 0 Å². The van der Waals surface area contributed by atoms with Gasteiger partial charge in [0, 0.05) is 10.5 Å². The van der Waals surface area contributed by atoms with E-state index in [0.29, 0.717) is 17.8 Å². The highest BCUT2D eigenvalue weighted by Crippen LogP contribution is 2.29. The van der Waals surface area contributed by atoms with E-state index in [1.807, 2.05) is 6.07 Å². The first-order valence-electron chi connectivity index (χ1n) is 6.30. The van der Waals surface area contributed by atoms with E-state index in [9.17, 15) is 0 Å². The van der Waals surface area contributed by atoms with Crippen LogP contribution in [-0.4, -0.2) is 9.55 Å². The van der Waals surface area contributed by atoms with Crippen molar-refractivity contribution >= 4 is 38.6 Å². The van der Waals surface area contributed by atoms with Gasteiger partial charge in [-0.15, -0.1) is 11.6 Å². The second-order valence-electron chi connectivity index (χ2n) is 4.79. The Bertz CT molecular complexity index is 550. The molecule has 2 unspecified atom stereocenters. The van der Waals surface area contributed by atoms with Crippen LogP contribution in [0.5, 0.6) is 0 Å². The molecule has 2 nitrogen and oxygen atoms in total. The second-order valence-corrected chi connectivity index (χ2v) is 5.97. The topological polar surface area (TPSA) is 17.8 Å². The largest absolute Gasteiger partial charge is 0.324 e. The molecule has 18 heavy (non-hydrogen) atoms. The van der Waals surface area contributed by atoms with E-state index in [1.54, 1.807) is 0 Å². The summed E-state index contributed by atoms with van der Waals surface area (Å²) >= 11 is 9.53. The van der Waals surface area contributed by atoms with Crippen LogP contribution >= 0.6 is 27.5 Å². The maximum Gasteiger partial charge on any atom is 0.125 e. The second kappa shape index (κ2) is 5.62. The standard InChI is InChI=1S/C14H18BrClN2/c1-4-9(2)10(3)18-13-6-5-11(15)7-12(13)17-14(18)8-16/h5-7,9-10H,4,8H2,1-3H3. The number of rotatable bonds is 4. The van der Waals surface area contributed by atoms with Crippen LogP contribution in [0.3, 0.4) is 0 Å². The van der Waals surface area contributed by atoms with Crippen molar-refractivity contribution in [2.45, 2.75) is 39.1 Å². The first-order valence-corrected chi connectivity index (χ1v) is 7.63. The summed E-state index contributed by atoms with van der Waals surface area (Å²) in [6.45, 7) is 6.73. The number of aromatic nitrogens is 2. The molecule has 0 N–H and O–H groups in total. The van der Waals surface area contributed by atoms with Crippen LogP contribution in [0.25, 0.3) is 11.0 Å². The third-order valence-corrected chi connectivity index (χ3v) is 4.45. The summed E-state index contributed by atoms with van der Waals surface area (Å²) in [5.74, 6) is 2.01. The molecule has 0 aliphatic carbocycles. The number of fused-ring (bicyclic) bond motifs is 1. The summed E-state index contributed by atoms with van der Waals surface area (Å²) in [5.41, 5.74) is 2.18. The lowest BCUT2D eigenvalue weighted by Gasteiger charge is -2.22. The fourth-order valence-electron chi connectivity index (χ4n) is 2.27. The predicted octanol–water partition coefficient (Wildman–Crippen LogP) is 5.14. The van der Waals surface area contributed by atoms with Crippen molar-refractivity contribution in [3.8, 4) is 0 Å². The van der Waals surface area contributed by atoms with Gasteiger partial charge in [0.25, 0.3) is 0 Å². The smallest absolute Gasteiger partial charge is 0.125 e. The molecule has 0 saturated heterocycles. The minimum Gasteiger partial charge on any atom is -0.324 e. The maximum atomic E-state index is 6.04. The van der Waals surface area contributed by atoms with Gasteiger partial charge in [0.15, 0.2) is 0 Å². The summed E-state index contributed by atoms with van der Waals surface area (Å²) < 4.78 is 3.33. The van der Waals surface area contributed by atoms with Crippen LogP contribution in [0.2, 0.25) is 0 Å². The number of nitrogens with zero attached hydrogens (tertiary/aromatic N) is 2. The normalized spacial score (nSPS) is 14.9. The minimum atomic E-state index is 0.412. The molecular formula is C14H18BrClN2. The Morgan fingerprint density at radius 2 is 2.11 bits per heavy atom. The van der Waals surface area contributed by atoms with E-state index in [4.69, 9.17) is 11.6 Å². The summed E-state index contributed by atoms with van der Waals surface area (Å²) in [7, 11) is 0. The van der Waals surface area contributed by atoms with Crippen LogP contribution in [0.15, 0.2) is 22.7 Å². The van der Waals surface area contributed by atoms with Crippen molar-refractivity contribution in [2.75, 3.05) is 0 Å². The molecule has 0 bridgehead atoms. The third kappa shape index (κ3) is 2.43. The number of halogens is 2. The van der Waals surface area contributed by atoms with E-state index in [2.05, 4.69) is 58.4 Å². The Labute approximate surface area is 121 Å². The number of hydrogen-bond acceptors (Lipinski definition) is 1. The van der Waals surface area contributed by atoms with Crippen LogP contribution in [0.1, 0.15) is 39.1 Å². The third-order valence-electron chi connectivity index (χ3n) is 3.72. The molecule has 0 aliphatic rings.